The minimum Gasteiger partial charge on any atom is -0.459 e. The number of aliphatic hydroxyl groups is 4. The van der Waals surface area contributed by atoms with Gasteiger partial charge in [0.05, 0.1) is 29.9 Å². The zero-order chi connectivity index (χ0) is 40.5. The van der Waals surface area contributed by atoms with Gasteiger partial charge in [-0.05, 0) is 42.8 Å². The van der Waals surface area contributed by atoms with E-state index in [0.717, 1.165) is 0 Å². The summed E-state index contributed by atoms with van der Waals surface area (Å²) in [6.45, 7) is 8.42. The Labute approximate surface area is 326 Å². The molecule has 10 atom stereocenters. The van der Waals surface area contributed by atoms with Crippen molar-refractivity contribution in [3.05, 3.63) is 120 Å². The molecular weight excluding hydrogens is 745 g/mol. The van der Waals surface area contributed by atoms with E-state index in [1.165, 1.54) is 42.5 Å². The predicted molar refractivity (Wildman–Crippen MR) is 203 cm³/mol. The van der Waals surface area contributed by atoms with Crippen LogP contribution in [0.25, 0.3) is 0 Å². The molecule has 2 fully saturated rings. The molecular formula is C41H50O14Si. The second kappa shape index (κ2) is 19.2. The molecule has 0 amide bonds. The zero-order valence-electron chi connectivity index (χ0n) is 31.5. The molecule has 2 saturated heterocycles. The van der Waals surface area contributed by atoms with E-state index in [1.54, 1.807) is 54.6 Å². The summed E-state index contributed by atoms with van der Waals surface area (Å²) in [6, 6.07) is 24.5. The van der Waals surface area contributed by atoms with Crippen molar-refractivity contribution in [2.75, 3.05) is 19.8 Å². The topological polar surface area (TPSA) is 197 Å². The van der Waals surface area contributed by atoms with E-state index in [-0.39, 0.29) is 29.7 Å². The summed E-state index contributed by atoms with van der Waals surface area (Å²) in [5.41, 5.74) is -1.70. The van der Waals surface area contributed by atoms with Gasteiger partial charge in [0, 0.05) is 8.07 Å². The third-order valence-electron chi connectivity index (χ3n) is 9.58. The minimum absolute atomic E-state index is 0.0806. The Morgan fingerprint density at radius 1 is 0.768 bits per heavy atom. The van der Waals surface area contributed by atoms with E-state index in [9.17, 15) is 34.8 Å². The van der Waals surface area contributed by atoms with Gasteiger partial charge in [-0.15, -0.1) is 6.58 Å². The van der Waals surface area contributed by atoms with Gasteiger partial charge < -0.3 is 53.6 Å². The summed E-state index contributed by atoms with van der Waals surface area (Å²) in [4.78, 5) is 41.2. The summed E-state index contributed by atoms with van der Waals surface area (Å²) >= 11 is 0. The van der Waals surface area contributed by atoms with E-state index in [1.807, 2.05) is 0 Å². The van der Waals surface area contributed by atoms with Crippen molar-refractivity contribution < 1.29 is 68.0 Å². The number of benzene rings is 3. The minimum atomic E-state index is -2.16. The molecule has 0 bridgehead atoms. The van der Waals surface area contributed by atoms with E-state index >= 15 is 0 Å². The molecule has 14 nitrogen and oxygen atoms in total. The fourth-order valence-electron chi connectivity index (χ4n) is 6.50. The van der Waals surface area contributed by atoms with Crippen LogP contribution in [0.2, 0.25) is 25.7 Å². The second-order valence-corrected chi connectivity index (χ2v) is 20.5. The molecule has 0 spiro atoms. The SMILES string of the molecule is C=CCO[C@H]1[C@@H](O)[C@@H](CO)O[C@H](O[C@H]2[C@@H](COC(=O)c3ccccc3)O[C@@H](O)[C@](CC[Si](C)(C)C)(OC(=O)c3ccccc3)[C@H]2OC(=O)c2ccccc2)[C@@H]1O. The van der Waals surface area contributed by atoms with Gasteiger partial charge >= 0.3 is 17.9 Å². The molecule has 56 heavy (non-hydrogen) atoms. The van der Waals surface area contributed by atoms with Crippen molar-refractivity contribution in [3.8, 4) is 0 Å². The lowest BCUT2D eigenvalue weighted by molar-refractivity contribution is -0.373. The highest BCUT2D eigenvalue weighted by Crippen LogP contribution is 2.43. The highest BCUT2D eigenvalue weighted by molar-refractivity contribution is 6.76. The molecule has 0 aromatic heterocycles. The molecule has 0 saturated carbocycles. The normalized spacial score (nSPS) is 29.2. The smallest absolute Gasteiger partial charge is 0.339 e. The van der Waals surface area contributed by atoms with Crippen LogP contribution in [0.1, 0.15) is 37.5 Å². The number of rotatable bonds is 16. The van der Waals surface area contributed by atoms with Crippen LogP contribution in [0.3, 0.4) is 0 Å². The number of esters is 3. The number of carbonyl (C=O) groups excluding carboxylic acids is 3. The van der Waals surface area contributed by atoms with Gasteiger partial charge in [-0.2, -0.15) is 0 Å². The van der Waals surface area contributed by atoms with Gasteiger partial charge in [-0.25, -0.2) is 14.4 Å². The summed E-state index contributed by atoms with van der Waals surface area (Å²) in [7, 11) is -2.04. The number of hydrogen-bond donors (Lipinski definition) is 4. The molecule has 2 heterocycles. The molecule has 15 heteroatoms. The quantitative estimate of drug-likeness (QED) is 0.0712. The summed E-state index contributed by atoms with van der Waals surface area (Å²) in [5.74, 6) is -2.50. The molecule has 2 aliphatic rings. The van der Waals surface area contributed by atoms with Gasteiger partial charge in [0.2, 0.25) is 5.60 Å². The first-order valence-electron chi connectivity index (χ1n) is 18.4. The molecule has 0 unspecified atom stereocenters. The number of ether oxygens (including phenoxy) is 7. The number of carbonyl (C=O) groups is 3. The average molecular weight is 795 g/mol. The predicted octanol–water partition coefficient (Wildman–Crippen LogP) is 3.51. The lowest BCUT2D eigenvalue weighted by Gasteiger charge is -2.52. The van der Waals surface area contributed by atoms with E-state index in [4.69, 9.17) is 33.2 Å². The van der Waals surface area contributed by atoms with E-state index in [0.29, 0.717) is 6.04 Å². The van der Waals surface area contributed by atoms with Gasteiger partial charge in [0.1, 0.15) is 43.2 Å². The van der Waals surface area contributed by atoms with Crippen LogP contribution in [0.5, 0.6) is 0 Å². The van der Waals surface area contributed by atoms with Crippen LogP contribution in [0.15, 0.2) is 104 Å². The van der Waals surface area contributed by atoms with Crippen molar-refractivity contribution in [1.82, 2.24) is 0 Å². The summed E-state index contributed by atoms with van der Waals surface area (Å²) < 4.78 is 42.4. The Hall–Kier alpha value is -4.29. The van der Waals surface area contributed by atoms with E-state index < -0.39 is 100 Å². The maximum absolute atomic E-state index is 14.0. The summed E-state index contributed by atoms with van der Waals surface area (Å²) in [5, 5.41) is 44.7. The average Bonchev–Trinajstić information content (AvgIpc) is 3.20. The Kier molecular flexibility index (Phi) is 14.7. The molecule has 302 valence electrons. The molecule has 0 radical (unpaired) electrons. The lowest BCUT2D eigenvalue weighted by Crippen LogP contribution is -2.71. The molecule has 0 aliphatic carbocycles. The molecule has 3 aromatic rings. The standard InChI is InChI=1S/C41H50O14Si/c1-5-22-49-34-31(43)29(24-42)51-39(32(34)44)53-33-30(25-50-36(45)26-15-9-6-10-16-26)52-40(48)41(21-23-56(2,3)4,55-38(47)28-19-13-8-14-20-28)35(33)54-37(46)27-17-11-7-12-18-27/h5-20,29-35,39-40,42-44,48H,1,21-25H2,2-4H3/t29-,30-,31+,32-,33+,34+,35+,39-,40-,41-/m1/s1. The van der Waals surface area contributed by atoms with Crippen molar-refractivity contribution >= 4 is 26.0 Å². The Morgan fingerprint density at radius 3 is 1.86 bits per heavy atom. The first-order chi connectivity index (χ1) is 26.8. The number of hydrogen-bond acceptors (Lipinski definition) is 14. The van der Waals surface area contributed by atoms with Gasteiger partial charge in [-0.3, -0.25) is 0 Å². The number of aliphatic hydroxyl groups excluding tert-OH is 4. The monoisotopic (exact) mass is 794 g/mol. The third-order valence-corrected chi connectivity index (χ3v) is 11.3. The van der Waals surface area contributed by atoms with Crippen LogP contribution in [-0.4, -0.2) is 127 Å². The van der Waals surface area contributed by atoms with E-state index in [2.05, 4.69) is 26.2 Å². The molecule has 4 N–H and O–H groups in total. The maximum atomic E-state index is 14.0. The second-order valence-electron chi connectivity index (χ2n) is 14.8. The van der Waals surface area contributed by atoms with Crippen LogP contribution >= 0.6 is 0 Å². The Morgan fingerprint density at radius 2 is 1.32 bits per heavy atom. The van der Waals surface area contributed by atoms with Crippen molar-refractivity contribution in [2.45, 2.75) is 93.0 Å². The Bertz CT molecular complexity index is 1740. The fraction of sp³-hybridized carbons (Fsp3) is 0.439. The summed E-state index contributed by atoms with van der Waals surface area (Å²) in [6.07, 6.45) is -13.1. The molecule has 2 aliphatic heterocycles. The lowest BCUT2D eigenvalue weighted by atomic mass is 9.83. The zero-order valence-corrected chi connectivity index (χ0v) is 32.5. The third kappa shape index (κ3) is 10.4. The first kappa shape index (κ1) is 42.8. The van der Waals surface area contributed by atoms with Crippen LogP contribution < -0.4 is 0 Å². The van der Waals surface area contributed by atoms with Gasteiger partial charge in [0.25, 0.3) is 0 Å². The van der Waals surface area contributed by atoms with Crippen molar-refractivity contribution in [3.63, 3.8) is 0 Å². The highest BCUT2D eigenvalue weighted by atomic mass is 28.3. The Balaban J connectivity index is 1.64. The van der Waals surface area contributed by atoms with Gasteiger partial charge in [0.15, 0.2) is 18.7 Å². The molecule has 3 aromatic carbocycles. The van der Waals surface area contributed by atoms with Crippen molar-refractivity contribution in [2.24, 2.45) is 0 Å². The molecule has 5 rings (SSSR count). The largest absolute Gasteiger partial charge is 0.459 e. The fourth-order valence-corrected chi connectivity index (χ4v) is 7.64. The van der Waals surface area contributed by atoms with Crippen molar-refractivity contribution in [1.29, 1.82) is 0 Å². The first-order valence-corrected chi connectivity index (χ1v) is 22.1. The maximum Gasteiger partial charge on any atom is 0.339 e. The highest BCUT2D eigenvalue weighted by Gasteiger charge is 2.63. The van der Waals surface area contributed by atoms with Crippen LogP contribution in [0.4, 0.5) is 0 Å². The van der Waals surface area contributed by atoms with Crippen LogP contribution in [-0.2, 0) is 33.2 Å². The van der Waals surface area contributed by atoms with Crippen LogP contribution in [0, 0.1) is 0 Å². The van der Waals surface area contributed by atoms with Gasteiger partial charge in [-0.1, -0.05) is 86.4 Å².